The van der Waals surface area contributed by atoms with Crippen LogP contribution in [0.25, 0.3) is 17.3 Å². The molecule has 4 nitrogen and oxygen atoms in total. The van der Waals surface area contributed by atoms with Gasteiger partial charge in [-0.3, -0.25) is 5.10 Å². The first kappa shape index (κ1) is 24.0. The van der Waals surface area contributed by atoms with Gasteiger partial charge in [0.2, 0.25) is 0 Å². The molecule has 0 aliphatic carbocycles. The number of anilines is 1. The highest BCUT2D eigenvalue weighted by molar-refractivity contribution is 6.30. The monoisotopic (exact) mass is 444 g/mol. The molecule has 0 aliphatic heterocycles. The van der Waals surface area contributed by atoms with E-state index in [1.54, 1.807) is 0 Å². The molecule has 160 valence electrons. The summed E-state index contributed by atoms with van der Waals surface area (Å²) in [6, 6.07) is 17.5. The molecular formula is C24H30Cl2N4. The highest BCUT2D eigenvalue weighted by Gasteiger charge is 2.12. The molecule has 1 aromatic heterocycles. The SMILES string of the molecule is CC.CC(C)(/C=C/c1ccc(Cl)cc1)NCCNc1cc(-c2ccc(Cl)cc2)[nH]n1. The second kappa shape index (κ2) is 11.8. The molecule has 0 aliphatic rings. The summed E-state index contributed by atoms with van der Waals surface area (Å²) in [5.74, 6) is 0.821. The minimum atomic E-state index is -0.124. The van der Waals surface area contributed by atoms with Crippen molar-refractivity contribution in [3.63, 3.8) is 0 Å². The number of aromatic nitrogens is 2. The van der Waals surface area contributed by atoms with E-state index in [4.69, 9.17) is 23.2 Å². The van der Waals surface area contributed by atoms with Crippen LogP contribution in [0.4, 0.5) is 5.82 Å². The van der Waals surface area contributed by atoms with Crippen LogP contribution in [-0.4, -0.2) is 28.8 Å². The number of hydrogen-bond donors (Lipinski definition) is 3. The molecule has 3 aromatic rings. The van der Waals surface area contributed by atoms with Gasteiger partial charge >= 0.3 is 0 Å². The van der Waals surface area contributed by atoms with E-state index in [1.165, 1.54) is 0 Å². The zero-order chi connectivity index (χ0) is 22.0. The Labute approximate surface area is 189 Å². The number of benzene rings is 2. The predicted molar refractivity (Wildman–Crippen MR) is 131 cm³/mol. The zero-order valence-electron chi connectivity index (χ0n) is 18.0. The van der Waals surface area contributed by atoms with E-state index in [1.807, 2.05) is 68.4 Å². The molecule has 2 aromatic carbocycles. The lowest BCUT2D eigenvalue weighted by molar-refractivity contribution is 0.487. The Bertz CT molecular complexity index is 913. The fourth-order valence-corrected chi connectivity index (χ4v) is 2.95. The Morgan fingerprint density at radius 1 is 0.933 bits per heavy atom. The van der Waals surface area contributed by atoms with Crippen LogP contribution in [0.5, 0.6) is 0 Å². The Balaban J connectivity index is 0.00000155. The second-order valence-corrected chi connectivity index (χ2v) is 8.01. The van der Waals surface area contributed by atoms with Crippen LogP contribution < -0.4 is 10.6 Å². The molecule has 0 spiro atoms. The molecular weight excluding hydrogens is 415 g/mol. The summed E-state index contributed by atoms with van der Waals surface area (Å²) in [6.07, 6.45) is 4.26. The van der Waals surface area contributed by atoms with Gasteiger partial charge in [-0.25, -0.2) is 0 Å². The van der Waals surface area contributed by atoms with Crippen molar-refractivity contribution < 1.29 is 0 Å². The van der Waals surface area contributed by atoms with Gasteiger partial charge < -0.3 is 10.6 Å². The number of aromatic amines is 1. The van der Waals surface area contributed by atoms with Gasteiger partial charge in [0.1, 0.15) is 5.82 Å². The van der Waals surface area contributed by atoms with Crippen molar-refractivity contribution in [1.29, 1.82) is 0 Å². The van der Waals surface area contributed by atoms with Gasteiger partial charge in [0, 0.05) is 34.7 Å². The first-order chi connectivity index (χ1) is 14.4. The van der Waals surface area contributed by atoms with Crippen LogP contribution in [0.1, 0.15) is 33.3 Å². The smallest absolute Gasteiger partial charge is 0.148 e. The van der Waals surface area contributed by atoms with Crippen LogP contribution in [-0.2, 0) is 0 Å². The number of rotatable bonds is 8. The molecule has 3 rings (SSSR count). The van der Waals surface area contributed by atoms with E-state index < -0.39 is 0 Å². The van der Waals surface area contributed by atoms with Crippen LogP contribution >= 0.6 is 23.2 Å². The summed E-state index contributed by atoms with van der Waals surface area (Å²) in [7, 11) is 0. The lowest BCUT2D eigenvalue weighted by Crippen LogP contribution is -2.39. The molecule has 30 heavy (non-hydrogen) atoms. The van der Waals surface area contributed by atoms with E-state index in [2.05, 4.69) is 46.8 Å². The Hall–Kier alpha value is -2.27. The van der Waals surface area contributed by atoms with Crippen molar-refractivity contribution in [1.82, 2.24) is 15.5 Å². The van der Waals surface area contributed by atoms with Crippen molar-refractivity contribution >= 4 is 35.1 Å². The number of hydrogen-bond acceptors (Lipinski definition) is 3. The molecule has 3 N–H and O–H groups in total. The van der Waals surface area contributed by atoms with Crippen LogP contribution in [0.3, 0.4) is 0 Å². The van der Waals surface area contributed by atoms with Crippen LogP contribution in [0.2, 0.25) is 10.0 Å². The van der Waals surface area contributed by atoms with Gasteiger partial charge in [-0.05, 0) is 49.2 Å². The zero-order valence-corrected chi connectivity index (χ0v) is 19.5. The van der Waals surface area contributed by atoms with E-state index in [0.717, 1.165) is 45.8 Å². The minimum absolute atomic E-state index is 0.124. The maximum atomic E-state index is 5.93. The molecule has 0 unspecified atom stereocenters. The summed E-state index contributed by atoms with van der Waals surface area (Å²) in [5.41, 5.74) is 3.01. The average Bonchev–Trinajstić information content (AvgIpc) is 3.22. The van der Waals surface area contributed by atoms with Crippen molar-refractivity contribution in [3.05, 3.63) is 76.3 Å². The van der Waals surface area contributed by atoms with E-state index >= 15 is 0 Å². The van der Waals surface area contributed by atoms with Gasteiger partial charge in [-0.1, -0.05) is 73.5 Å². The van der Waals surface area contributed by atoms with Crippen LogP contribution in [0.15, 0.2) is 60.7 Å². The summed E-state index contributed by atoms with van der Waals surface area (Å²) < 4.78 is 0. The molecule has 0 saturated heterocycles. The Morgan fingerprint density at radius 2 is 1.53 bits per heavy atom. The van der Waals surface area contributed by atoms with Gasteiger partial charge in [0.05, 0.1) is 5.69 Å². The van der Waals surface area contributed by atoms with Crippen molar-refractivity contribution in [2.24, 2.45) is 0 Å². The third-order valence-corrected chi connectivity index (χ3v) is 4.81. The normalized spacial score (nSPS) is 11.3. The molecule has 1 heterocycles. The van der Waals surface area contributed by atoms with Gasteiger partial charge in [-0.15, -0.1) is 0 Å². The lowest BCUT2D eigenvalue weighted by Gasteiger charge is -2.22. The summed E-state index contributed by atoms with van der Waals surface area (Å²) in [4.78, 5) is 0. The maximum absolute atomic E-state index is 5.93. The first-order valence-electron chi connectivity index (χ1n) is 10.2. The molecule has 6 heteroatoms. The Kier molecular flexibility index (Phi) is 9.44. The fraction of sp³-hybridized carbons (Fsp3) is 0.292. The van der Waals surface area contributed by atoms with E-state index in [0.29, 0.717) is 0 Å². The third kappa shape index (κ3) is 7.86. The molecule has 0 fully saturated rings. The first-order valence-corrected chi connectivity index (χ1v) is 10.9. The fourth-order valence-electron chi connectivity index (χ4n) is 2.70. The highest BCUT2D eigenvalue weighted by Crippen LogP contribution is 2.21. The molecule has 0 radical (unpaired) electrons. The molecule has 0 atom stereocenters. The second-order valence-electron chi connectivity index (χ2n) is 7.13. The molecule has 0 bridgehead atoms. The third-order valence-electron chi connectivity index (χ3n) is 4.31. The minimum Gasteiger partial charge on any atom is -0.367 e. The van der Waals surface area contributed by atoms with Crippen molar-refractivity contribution in [2.45, 2.75) is 33.2 Å². The average molecular weight is 445 g/mol. The Morgan fingerprint density at radius 3 is 2.17 bits per heavy atom. The topological polar surface area (TPSA) is 52.7 Å². The summed E-state index contributed by atoms with van der Waals surface area (Å²) >= 11 is 11.9. The number of H-pyrrole nitrogens is 1. The van der Waals surface area contributed by atoms with Gasteiger partial charge in [0.15, 0.2) is 0 Å². The quantitative estimate of drug-likeness (QED) is 0.331. The lowest BCUT2D eigenvalue weighted by atomic mass is 10.0. The predicted octanol–water partition coefficient (Wildman–Crippen LogP) is 6.90. The van der Waals surface area contributed by atoms with E-state index in [9.17, 15) is 0 Å². The number of nitrogens with one attached hydrogen (secondary N) is 3. The maximum Gasteiger partial charge on any atom is 0.148 e. The summed E-state index contributed by atoms with van der Waals surface area (Å²) in [5, 5.41) is 15.7. The largest absolute Gasteiger partial charge is 0.367 e. The molecule has 0 amide bonds. The van der Waals surface area contributed by atoms with Crippen molar-refractivity contribution in [3.8, 4) is 11.3 Å². The standard InChI is InChI=1S/C22H24Cl2N4.C2H6/c1-22(2,12-11-16-3-7-18(23)8-4-16)26-14-13-25-21-15-20(27-28-21)17-5-9-19(24)10-6-17;1-2/h3-12,15,26H,13-14H2,1-2H3,(H2,25,27,28);1-2H3/b12-11+;. The van der Waals surface area contributed by atoms with Crippen molar-refractivity contribution in [2.75, 3.05) is 18.4 Å². The summed E-state index contributed by atoms with van der Waals surface area (Å²) in [6.45, 7) is 9.86. The number of halogens is 2. The number of nitrogens with zero attached hydrogens (tertiary/aromatic N) is 1. The van der Waals surface area contributed by atoms with Gasteiger partial charge in [-0.2, -0.15) is 5.10 Å². The van der Waals surface area contributed by atoms with Gasteiger partial charge in [0.25, 0.3) is 0 Å². The van der Waals surface area contributed by atoms with E-state index in [-0.39, 0.29) is 5.54 Å². The highest BCUT2D eigenvalue weighted by atomic mass is 35.5. The molecule has 0 saturated carbocycles. The van der Waals surface area contributed by atoms with Crippen LogP contribution in [0, 0.1) is 0 Å².